The molecule has 0 bridgehead atoms. The monoisotopic (exact) mass is 288 g/mol. The maximum atomic E-state index is 12.2. The van der Waals surface area contributed by atoms with Crippen LogP contribution >= 0.6 is 0 Å². The van der Waals surface area contributed by atoms with Gasteiger partial charge >= 0.3 is 0 Å². The molecule has 5 heteroatoms. The molecule has 0 unspecified atom stereocenters. The van der Waals surface area contributed by atoms with E-state index in [1.165, 1.54) is 6.92 Å². The van der Waals surface area contributed by atoms with Gasteiger partial charge in [-0.1, -0.05) is 30.3 Å². The zero-order valence-electron chi connectivity index (χ0n) is 12.1. The van der Waals surface area contributed by atoms with Crippen LogP contribution in [0.2, 0.25) is 0 Å². The van der Waals surface area contributed by atoms with Crippen LogP contribution in [-0.4, -0.2) is 31.1 Å². The van der Waals surface area contributed by atoms with Crippen LogP contribution in [0.4, 0.5) is 0 Å². The maximum absolute atomic E-state index is 12.2. The lowest BCUT2D eigenvalue weighted by Gasteiger charge is -2.13. The minimum absolute atomic E-state index is 0.0734. The summed E-state index contributed by atoms with van der Waals surface area (Å²) in [5.74, 6) is -0.575. The number of carbonyl (C=O) groups is 2. The third-order valence-corrected chi connectivity index (χ3v) is 3.18. The lowest BCUT2D eigenvalue weighted by Crippen LogP contribution is -2.37. The zero-order valence-corrected chi connectivity index (χ0v) is 12.1. The van der Waals surface area contributed by atoms with E-state index in [1.807, 2.05) is 30.3 Å². The van der Waals surface area contributed by atoms with E-state index < -0.39 is 0 Å². The molecule has 2 amide bonds. The van der Waals surface area contributed by atoms with Crippen molar-refractivity contribution in [1.82, 2.24) is 10.6 Å². The summed E-state index contributed by atoms with van der Waals surface area (Å²) in [6.45, 7) is 2.59. The number of nitrogens with one attached hydrogen (secondary N) is 2. The average Bonchev–Trinajstić information content (AvgIpc) is 2.98. The lowest BCUT2D eigenvalue weighted by molar-refractivity contribution is -0.122. The first-order chi connectivity index (χ1) is 10.1. The molecule has 1 aliphatic rings. The Morgan fingerprint density at radius 2 is 2.10 bits per heavy atom. The summed E-state index contributed by atoms with van der Waals surface area (Å²) < 4.78 is 5.46. The van der Waals surface area contributed by atoms with Gasteiger partial charge in [0.15, 0.2) is 0 Å². The molecule has 2 N–H and O–H groups in total. The second-order valence-corrected chi connectivity index (χ2v) is 4.99. The highest BCUT2D eigenvalue weighted by Gasteiger charge is 2.18. The molecular formula is C16H20N2O3. The summed E-state index contributed by atoms with van der Waals surface area (Å²) in [7, 11) is 0. The van der Waals surface area contributed by atoms with Crippen molar-refractivity contribution in [2.75, 3.05) is 13.2 Å². The Balaban J connectivity index is 2.02. The molecule has 1 atom stereocenters. The molecular weight excluding hydrogens is 268 g/mol. The van der Waals surface area contributed by atoms with Gasteiger partial charge in [-0.15, -0.1) is 0 Å². The van der Waals surface area contributed by atoms with Gasteiger partial charge in [-0.3, -0.25) is 9.59 Å². The van der Waals surface area contributed by atoms with Crippen LogP contribution in [0.5, 0.6) is 0 Å². The van der Waals surface area contributed by atoms with Gasteiger partial charge in [-0.05, 0) is 24.5 Å². The van der Waals surface area contributed by atoms with Crippen molar-refractivity contribution in [3.05, 3.63) is 41.6 Å². The van der Waals surface area contributed by atoms with Crippen LogP contribution in [0.15, 0.2) is 36.0 Å². The van der Waals surface area contributed by atoms with Crippen molar-refractivity contribution in [3.63, 3.8) is 0 Å². The Hall–Kier alpha value is -2.14. The summed E-state index contributed by atoms with van der Waals surface area (Å²) >= 11 is 0. The van der Waals surface area contributed by atoms with Crippen LogP contribution < -0.4 is 10.6 Å². The van der Waals surface area contributed by atoms with Gasteiger partial charge in [-0.25, -0.2) is 0 Å². The van der Waals surface area contributed by atoms with E-state index in [9.17, 15) is 9.59 Å². The van der Waals surface area contributed by atoms with E-state index in [2.05, 4.69) is 10.6 Å². The molecule has 5 nitrogen and oxygen atoms in total. The predicted octanol–water partition coefficient (Wildman–Crippen LogP) is 1.46. The van der Waals surface area contributed by atoms with Crippen molar-refractivity contribution in [2.24, 2.45) is 0 Å². The van der Waals surface area contributed by atoms with Crippen molar-refractivity contribution < 1.29 is 14.3 Å². The van der Waals surface area contributed by atoms with Gasteiger partial charge < -0.3 is 15.4 Å². The summed E-state index contributed by atoms with van der Waals surface area (Å²) in [6, 6.07) is 9.39. The number of benzene rings is 1. The van der Waals surface area contributed by atoms with Crippen LogP contribution in [0, 0.1) is 0 Å². The van der Waals surface area contributed by atoms with Gasteiger partial charge in [0.25, 0.3) is 5.91 Å². The van der Waals surface area contributed by atoms with Crippen LogP contribution in [0.1, 0.15) is 25.3 Å². The van der Waals surface area contributed by atoms with Crippen LogP contribution in [0.3, 0.4) is 0 Å². The normalized spacial score (nSPS) is 18.3. The second-order valence-electron chi connectivity index (χ2n) is 4.99. The Morgan fingerprint density at radius 3 is 2.71 bits per heavy atom. The standard InChI is InChI=1S/C16H20N2O3/c1-12(19)18-15(10-13-6-3-2-4-7-13)16(20)17-11-14-8-5-9-21-14/h2-4,6-7,10,14H,5,8-9,11H2,1H3,(H,17,20)(H,18,19)/b15-10-/t14-/m1/s1. The Kier molecular flexibility index (Phi) is 5.51. The highest BCUT2D eigenvalue weighted by molar-refractivity contribution is 6.00. The van der Waals surface area contributed by atoms with Crippen molar-refractivity contribution in [2.45, 2.75) is 25.9 Å². The predicted molar refractivity (Wildman–Crippen MR) is 80.2 cm³/mol. The molecule has 1 saturated heterocycles. The zero-order chi connectivity index (χ0) is 15.1. The molecule has 21 heavy (non-hydrogen) atoms. The van der Waals surface area contributed by atoms with E-state index in [0.29, 0.717) is 6.54 Å². The Bertz CT molecular complexity index is 520. The van der Waals surface area contributed by atoms with E-state index >= 15 is 0 Å². The van der Waals surface area contributed by atoms with Crippen molar-refractivity contribution >= 4 is 17.9 Å². The third kappa shape index (κ3) is 5.04. The quantitative estimate of drug-likeness (QED) is 0.806. The maximum Gasteiger partial charge on any atom is 0.267 e. The molecule has 0 spiro atoms. The first-order valence-electron chi connectivity index (χ1n) is 7.09. The highest BCUT2D eigenvalue weighted by Crippen LogP contribution is 2.11. The molecule has 1 heterocycles. The number of hydrogen-bond acceptors (Lipinski definition) is 3. The molecule has 0 aromatic heterocycles. The van der Waals surface area contributed by atoms with Gasteiger partial charge in [-0.2, -0.15) is 0 Å². The number of carbonyl (C=O) groups excluding carboxylic acids is 2. The van der Waals surface area contributed by atoms with E-state index in [-0.39, 0.29) is 23.6 Å². The van der Waals surface area contributed by atoms with Gasteiger partial charge in [0.2, 0.25) is 5.91 Å². The Labute approximate surface area is 124 Å². The van der Waals surface area contributed by atoms with Crippen LogP contribution in [0.25, 0.3) is 6.08 Å². The number of ether oxygens (including phenoxy) is 1. The second kappa shape index (κ2) is 7.59. The average molecular weight is 288 g/mol. The first kappa shape index (κ1) is 15.3. The fraction of sp³-hybridized carbons (Fsp3) is 0.375. The number of hydrogen-bond donors (Lipinski definition) is 2. The largest absolute Gasteiger partial charge is 0.376 e. The summed E-state index contributed by atoms with van der Waals surface area (Å²) in [4.78, 5) is 23.4. The van der Waals surface area contributed by atoms with Crippen molar-refractivity contribution in [3.8, 4) is 0 Å². The fourth-order valence-corrected chi connectivity index (χ4v) is 2.17. The molecule has 112 valence electrons. The highest BCUT2D eigenvalue weighted by atomic mass is 16.5. The molecule has 1 aromatic rings. The molecule has 1 fully saturated rings. The van der Waals surface area contributed by atoms with E-state index in [0.717, 1.165) is 25.0 Å². The third-order valence-electron chi connectivity index (χ3n) is 3.18. The van der Waals surface area contributed by atoms with E-state index in [4.69, 9.17) is 4.74 Å². The van der Waals surface area contributed by atoms with Gasteiger partial charge in [0.05, 0.1) is 6.10 Å². The number of amides is 2. The number of rotatable bonds is 5. The van der Waals surface area contributed by atoms with Crippen LogP contribution in [-0.2, 0) is 14.3 Å². The summed E-state index contributed by atoms with van der Waals surface area (Å²) in [5.41, 5.74) is 1.10. The molecule has 1 aromatic carbocycles. The molecule has 0 aliphatic carbocycles. The van der Waals surface area contributed by atoms with Gasteiger partial charge in [0, 0.05) is 20.1 Å². The Morgan fingerprint density at radius 1 is 1.33 bits per heavy atom. The van der Waals surface area contributed by atoms with Crippen molar-refractivity contribution in [1.29, 1.82) is 0 Å². The topological polar surface area (TPSA) is 67.4 Å². The minimum atomic E-state index is -0.301. The molecule has 1 aliphatic heterocycles. The first-order valence-corrected chi connectivity index (χ1v) is 7.09. The lowest BCUT2D eigenvalue weighted by atomic mass is 10.2. The smallest absolute Gasteiger partial charge is 0.267 e. The van der Waals surface area contributed by atoms with E-state index in [1.54, 1.807) is 6.08 Å². The summed E-state index contributed by atoms with van der Waals surface area (Å²) in [6.07, 6.45) is 3.72. The SMILES string of the molecule is CC(=O)N/C(=C\c1ccccc1)C(=O)NC[C@H]1CCCO1. The minimum Gasteiger partial charge on any atom is -0.376 e. The summed E-state index contributed by atoms with van der Waals surface area (Å²) in [5, 5.41) is 5.38. The van der Waals surface area contributed by atoms with Gasteiger partial charge in [0.1, 0.15) is 5.70 Å². The molecule has 2 rings (SSSR count). The fourth-order valence-electron chi connectivity index (χ4n) is 2.17. The molecule has 0 radical (unpaired) electrons. The molecule has 0 saturated carbocycles.